The molecule has 0 saturated carbocycles. The zero-order chi connectivity index (χ0) is 39.0. The number of thiophene rings is 2. The zero-order valence-electron chi connectivity index (χ0n) is 32.2. The molecule has 2 heterocycles. The summed E-state index contributed by atoms with van der Waals surface area (Å²) in [7, 11) is 0. The van der Waals surface area contributed by atoms with Crippen LogP contribution in [0.25, 0.3) is 21.5 Å². The quantitative estimate of drug-likeness (QED) is 0.0895. The molecule has 0 saturated heterocycles. The van der Waals surface area contributed by atoms with E-state index in [0.29, 0.717) is 45.5 Å². The van der Waals surface area contributed by atoms with Gasteiger partial charge >= 0.3 is 29.3 Å². The van der Waals surface area contributed by atoms with Gasteiger partial charge in [0.05, 0.1) is 24.3 Å². The van der Waals surface area contributed by atoms with Gasteiger partial charge in [-0.3, -0.25) is 0 Å². The molecule has 57 heavy (non-hydrogen) atoms. The van der Waals surface area contributed by atoms with Crippen LogP contribution in [0.1, 0.15) is 105 Å². The first kappa shape index (κ1) is 41.8. The van der Waals surface area contributed by atoms with Gasteiger partial charge in [0.2, 0.25) is 0 Å². The van der Waals surface area contributed by atoms with E-state index >= 15 is 0 Å². The fourth-order valence-electron chi connectivity index (χ4n) is 7.55. The van der Waals surface area contributed by atoms with Crippen molar-refractivity contribution in [3.8, 4) is 11.5 Å². The van der Waals surface area contributed by atoms with E-state index in [1.165, 1.54) is 22.6 Å². The molecule has 0 spiro atoms. The van der Waals surface area contributed by atoms with Crippen LogP contribution >= 0.6 is 22.7 Å². The molecule has 2 N–H and O–H groups in total. The van der Waals surface area contributed by atoms with Gasteiger partial charge in [-0.1, -0.05) is 73.5 Å². The number of phenols is 2. The summed E-state index contributed by atoms with van der Waals surface area (Å²) in [4.78, 5) is 37.1. The summed E-state index contributed by atoms with van der Waals surface area (Å²) >= 11 is 3.16. The van der Waals surface area contributed by atoms with Gasteiger partial charge in [-0.25, -0.2) is 19.6 Å². The van der Waals surface area contributed by atoms with Gasteiger partial charge in [-0.2, -0.15) is 0 Å². The minimum atomic E-state index is -0.295. The number of aliphatic imine (C=N–C) groups is 2. The number of hydrogen-bond acceptors (Lipinski definition) is 10. The van der Waals surface area contributed by atoms with Crippen LogP contribution in [0.5, 0.6) is 11.5 Å². The molecule has 0 unspecified atom stereocenters. The molecule has 8 rings (SSSR count). The average Bonchev–Trinajstić information content (AvgIpc) is 3.51. The molecule has 0 radical (unpaired) electrons. The van der Waals surface area contributed by atoms with Crippen molar-refractivity contribution in [1.82, 2.24) is 0 Å². The van der Waals surface area contributed by atoms with Crippen molar-refractivity contribution in [2.75, 3.05) is 13.2 Å². The SMILES string of the molecule is CCOC(=O)c1c(N=Cc2c(O)ccc3ccccc23)sc2c1CCCCC2.CCOC(=O)c1c(N=Cc2c(O)ccc3ccccc23)sc2c1CCCCC2.[Cr+2]. The smallest absolute Gasteiger partial charge is 0.507 e. The number of aromatic hydroxyl groups is 2. The molecule has 11 heteroatoms. The predicted octanol–water partition coefficient (Wildman–Crippen LogP) is 11.6. The molecule has 0 atom stereocenters. The minimum absolute atomic E-state index is 0. The van der Waals surface area contributed by atoms with E-state index in [4.69, 9.17) is 9.47 Å². The van der Waals surface area contributed by atoms with Gasteiger partial charge in [0.15, 0.2) is 0 Å². The Hall–Kier alpha value is -4.79. The van der Waals surface area contributed by atoms with Gasteiger partial charge in [-0.15, -0.1) is 22.7 Å². The number of fused-ring (bicyclic) bond motifs is 4. The fraction of sp³-hybridized carbons (Fsp3) is 0.304. The fourth-order valence-corrected chi connectivity index (χ4v) is 9.99. The molecule has 0 aliphatic heterocycles. The second-order valence-electron chi connectivity index (χ2n) is 13.9. The van der Waals surface area contributed by atoms with E-state index in [1.807, 2.05) is 74.5 Å². The van der Waals surface area contributed by atoms with Crippen molar-refractivity contribution in [2.24, 2.45) is 9.98 Å². The Morgan fingerprint density at radius 2 is 1.00 bits per heavy atom. The number of benzene rings is 4. The summed E-state index contributed by atoms with van der Waals surface area (Å²) in [6, 6.07) is 22.9. The number of ether oxygens (including phenoxy) is 2. The maximum Gasteiger partial charge on any atom is 2.00 e. The summed E-state index contributed by atoms with van der Waals surface area (Å²) in [5, 5.41) is 26.0. The summed E-state index contributed by atoms with van der Waals surface area (Å²) in [6.07, 6.45) is 13.9. The average molecular weight is 839 g/mol. The first-order valence-electron chi connectivity index (χ1n) is 19.5. The molecular weight excluding hydrogens is 793 g/mol. The topological polar surface area (TPSA) is 118 Å². The first-order chi connectivity index (χ1) is 27.4. The predicted molar refractivity (Wildman–Crippen MR) is 229 cm³/mol. The molecule has 6 aromatic rings. The molecule has 2 aliphatic carbocycles. The van der Waals surface area contributed by atoms with Crippen LogP contribution in [0.15, 0.2) is 82.8 Å². The maximum absolute atomic E-state index is 12.7. The van der Waals surface area contributed by atoms with Gasteiger partial charge in [0.25, 0.3) is 0 Å². The number of rotatable bonds is 8. The molecule has 0 fully saturated rings. The van der Waals surface area contributed by atoms with E-state index in [9.17, 15) is 19.8 Å². The summed E-state index contributed by atoms with van der Waals surface area (Å²) in [5.74, 6) is -0.233. The van der Waals surface area contributed by atoms with Crippen molar-refractivity contribution >= 4 is 78.6 Å². The Morgan fingerprint density at radius 1 is 0.596 bits per heavy atom. The van der Waals surface area contributed by atoms with E-state index in [0.717, 1.165) is 84.0 Å². The molecular formula is C46H46CrN2O6S2+2. The number of carbonyl (C=O) groups is 2. The maximum atomic E-state index is 12.7. The third-order valence-corrected chi connectivity index (χ3v) is 12.7. The Labute approximate surface area is 352 Å². The third-order valence-electron chi connectivity index (χ3n) is 10.3. The molecule has 0 bridgehead atoms. The summed E-state index contributed by atoms with van der Waals surface area (Å²) < 4.78 is 10.6. The molecule has 2 aromatic heterocycles. The normalized spacial score (nSPS) is 13.9. The molecule has 292 valence electrons. The van der Waals surface area contributed by atoms with Crippen LogP contribution in [0.3, 0.4) is 0 Å². The van der Waals surface area contributed by atoms with Crippen LogP contribution in [-0.4, -0.2) is 47.8 Å². The summed E-state index contributed by atoms with van der Waals surface area (Å²) in [5.41, 5.74) is 4.76. The van der Waals surface area contributed by atoms with Crippen molar-refractivity contribution in [3.63, 3.8) is 0 Å². The number of phenolic OH excluding ortho intramolecular Hbond substituents is 2. The standard InChI is InChI=1S/2C23H23NO3S.Cr/c2*1-2-27-23(26)21-17-10-4-3-5-11-20(17)28-22(21)24-14-18-16-9-7-6-8-15(16)12-13-19(18)25;/h2*6-9,12-14,25H,2-5,10-11H2,1H3;/q;;+2. The molecule has 0 amide bonds. The van der Waals surface area contributed by atoms with Gasteiger partial charge in [0, 0.05) is 33.3 Å². The van der Waals surface area contributed by atoms with Crippen LogP contribution < -0.4 is 0 Å². The van der Waals surface area contributed by atoms with E-state index in [1.54, 1.807) is 47.2 Å². The number of nitrogens with zero attached hydrogens (tertiary/aromatic N) is 2. The van der Waals surface area contributed by atoms with Crippen molar-refractivity contribution in [1.29, 1.82) is 0 Å². The van der Waals surface area contributed by atoms with Crippen LogP contribution in [0.2, 0.25) is 0 Å². The van der Waals surface area contributed by atoms with Crippen LogP contribution in [0, 0.1) is 0 Å². The molecule has 2 aliphatic rings. The largest absolute Gasteiger partial charge is 2.00 e. The minimum Gasteiger partial charge on any atom is -0.507 e. The van der Waals surface area contributed by atoms with Crippen molar-refractivity contribution < 1.29 is 46.6 Å². The van der Waals surface area contributed by atoms with E-state index in [-0.39, 0.29) is 40.8 Å². The summed E-state index contributed by atoms with van der Waals surface area (Å²) in [6.45, 7) is 4.33. The number of hydrogen-bond donors (Lipinski definition) is 2. The number of carbonyl (C=O) groups excluding carboxylic acids is 2. The Morgan fingerprint density at radius 3 is 1.42 bits per heavy atom. The van der Waals surface area contributed by atoms with Gasteiger partial charge in [0.1, 0.15) is 21.5 Å². The van der Waals surface area contributed by atoms with Crippen molar-refractivity contribution in [2.45, 2.75) is 78.1 Å². The van der Waals surface area contributed by atoms with Crippen LogP contribution in [-0.2, 0) is 52.5 Å². The monoisotopic (exact) mass is 838 g/mol. The Bertz CT molecular complexity index is 2280. The van der Waals surface area contributed by atoms with Crippen LogP contribution in [0.4, 0.5) is 10.0 Å². The van der Waals surface area contributed by atoms with E-state index < -0.39 is 0 Å². The molecule has 8 nitrogen and oxygen atoms in total. The van der Waals surface area contributed by atoms with Gasteiger partial charge < -0.3 is 19.7 Å². The first-order valence-corrected chi connectivity index (χ1v) is 21.1. The van der Waals surface area contributed by atoms with Crippen molar-refractivity contribution in [3.05, 3.63) is 116 Å². The Kier molecular flexibility index (Phi) is 14.4. The third kappa shape index (κ3) is 9.34. The van der Waals surface area contributed by atoms with E-state index in [2.05, 4.69) is 9.98 Å². The Balaban J connectivity index is 0.000000189. The second kappa shape index (κ2) is 19.6. The second-order valence-corrected chi connectivity index (χ2v) is 16.1. The number of esters is 2. The zero-order valence-corrected chi connectivity index (χ0v) is 35.1. The molecule has 4 aromatic carbocycles. The number of aryl methyl sites for hydroxylation is 2. The van der Waals surface area contributed by atoms with Gasteiger partial charge in [-0.05, 0) is 110 Å².